The molecule has 0 aliphatic heterocycles. The normalized spacial score (nSPS) is 10.7. The monoisotopic (exact) mass is 236 g/mol. The number of rotatable bonds is 5. The summed E-state index contributed by atoms with van der Waals surface area (Å²) in [6.07, 6.45) is 6.63. The molecule has 1 heteroatoms. The van der Waals surface area contributed by atoms with E-state index >= 15 is 0 Å². The smallest absolute Gasteiger partial charge is 0.124 e. The number of carbonyl (C=O) groups excluding carboxylic acids is 1. The van der Waals surface area contributed by atoms with E-state index in [4.69, 9.17) is 0 Å². The van der Waals surface area contributed by atoms with E-state index in [-0.39, 0.29) is 0 Å². The van der Waals surface area contributed by atoms with Crippen LogP contribution in [0.3, 0.4) is 0 Å². The number of aldehydes is 1. The molecule has 18 heavy (non-hydrogen) atoms. The topological polar surface area (TPSA) is 17.1 Å². The molecule has 0 radical (unpaired) electrons. The summed E-state index contributed by atoms with van der Waals surface area (Å²) in [7, 11) is 0. The van der Waals surface area contributed by atoms with Crippen LogP contribution in [0.4, 0.5) is 0 Å². The van der Waals surface area contributed by atoms with Crippen LogP contribution in [0.2, 0.25) is 0 Å². The van der Waals surface area contributed by atoms with Gasteiger partial charge in [0.15, 0.2) is 0 Å². The maximum Gasteiger partial charge on any atom is 0.124 e. The lowest BCUT2D eigenvalue weighted by atomic mass is 10.1. The highest BCUT2D eigenvalue weighted by molar-refractivity contribution is 5.55. The van der Waals surface area contributed by atoms with Gasteiger partial charge in [0.1, 0.15) is 6.29 Å². The third-order valence-electron chi connectivity index (χ3n) is 2.81. The highest BCUT2D eigenvalue weighted by atomic mass is 16.1. The molecule has 0 fully saturated rings. The van der Waals surface area contributed by atoms with Crippen LogP contribution in [0.1, 0.15) is 16.7 Å². The second kappa shape index (κ2) is 6.55. The van der Waals surface area contributed by atoms with Gasteiger partial charge in [-0.05, 0) is 23.1 Å². The number of allylic oxidation sites excluding steroid dienone is 1. The number of carbonyl (C=O) groups is 1. The first-order valence-corrected chi connectivity index (χ1v) is 6.11. The van der Waals surface area contributed by atoms with Crippen molar-refractivity contribution in [2.75, 3.05) is 0 Å². The second-order valence-corrected chi connectivity index (χ2v) is 4.20. The molecular weight excluding hydrogens is 220 g/mol. The van der Waals surface area contributed by atoms with E-state index in [9.17, 15) is 4.79 Å². The lowest BCUT2D eigenvalue weighted by molar-refractivity contribution is -0.107. The molecule has 0 spiro atoms. The molecule has 2 rings (SSSR count). The quantitative estimate of drug-likeness (QED) is 0.724. The summed E-state index contributed by atoms with van der Waals surface area (Å²) in [5, 5.41) is 0. The largest absolute Gasteiger partial charge is 0.303 e. The van der Waals surface area contributed by atoms with Crippen LogP contribution < -0.4 is 0 Å². The summed E-state index contributed by atoms with van der Waals surface area (Å²) < 4.78 is 0. The predicted octanol–water partition coefficient (Wildman–Crippen LogP) is 3.68. The summed E-state index contributed by atoms with van der Waals surface area (Å²) in [5.74, 6) is 0. The van der Waals surface area contributed by atoms with Crippen molar-refractivity contribution in [3.05, 3.63) is 77.4 Å². The second-order valence-electron chi connectivity index (χ2n) is 4.20. The van der Waals surface area contributed by atoms with E-state index in [0.717, 1.165) is 18.3 Å². The molecule has 0 bridgehead atoms. The van der Waals surface area contributed by atoms with Crippen LogP contribution in [-0.4, -0.2) is 6.29 Å². The zero-order chi connectivity index (χ0) is 12.6. The molecule has 90 valence electrons. The standard InChI is InChI=1S/C17H16O/c18-14-13-17-11-9-16(10-12-17)8-4-7-15-5-2-1-3-6-15/h1-7,9-12,14H,8,13H2/b7-4+. The lowest BCUT2D eigenvalue weighted by Gasteiger charge is -1.99. The fourth-order valence-corrected chi connectivity index (χ4v) is 1.80. The van der Waals surface area contributed by atoms with Crippen molar-refractivity contribution in [3.63, 3.8) is 0 Å². The molecule has 0 amide bonds. The fourth-order valence-electron chi connectivity index (χ4n) is 1.80. The lowest BCUT2D eigenvalue weighted by Crippen LogP contribution is -1.87. The summed E-state index contributed by atoms with van der Waals surface area (Å²) in [6, 6.07) is 18.4. The van der Waals surface area contributed by atoms with Gasteiger partial charge in [-0.2, -0.15) is 0 Å². The first-order valence-electron chi connectivity index (χ1n) is 6.11. The Hall–Kier alpha value is -2.15. The molecule has 0 aromatic heterocycles. The number of benzene rings is 2. The maximum absolute atomic E-state index is 10.4. The SMILES string of the molecule is O=CCc1ccc(C/C=C/c2ccccc2)cc1. The van der Waals surface area contributed by atoms with Gasteiger partial charge in [0.05, 0.1) is 0 Å². The summed E-state index contributed by atoms with van der Waals surface area (Å²) in [5.41, 5.74) is 3.55. The van der Waals surface area contributed by atoms with Crippen LogP contribution in [0.25, 0.3) is 6.08 Å². The van der Waals surface area contributed by atoms with Gasteiger partial charge in [0.25, 0.3) is 0 Å². The van der Waals surface area contributed by atoms with Gasteiger partial charge in [-0.3, -0.25) is 0 Å². The van der Waals surface area contributed by atoms with Crippen molar-refractivity contribution in [2.24, 2.45) is 0 Å². The summed E-state index contributed by atoms with van der Waals surface area (Å²) in [6.45, 7) is 0. The Kier molecular flexibility index (Phi) is 4.48. The average Bonchev–Trinajstić information content (AvgIpc) is 2.42. The Morgan fingerprint density at radius 3 is 2.00 bits per heavy atom. The van der Waals surface area contributed by atoms with Crippen LogP contribution in [0.5, 0.6) is 0 Å². The Bertz CT molecular complexity index is 509. The van der Waals surface area contributed by atoms with Crippen molar-refractivity contribution in [1.82, 2.24) is 0 Å². The van der Waals surface area contributed by atoms with E-state index in [2.05, 4.69) is 36.4 Å². The molecule has 2 aromatic rings. The van der Waals surface area contributed by atoms with Gasteiger partial charge < -0.3 is 4.79 Å². The zero-order valence-electron chi connectivity index (χ0n) is 10.3. The minimum absolute atomic E-state index is 0.500. The fraction of sp³-hybridized carbons (Fsp3) is 0.118. The molecule has 0 unspecified atom stereocenters. The van der Waals surface area contributed by atoms with Crippen LogP contribution in [0, 0.1) is 0 Å². The average molecular weight is 236 g/mol. The molecule has 1 nitrogen and oxygen atoms in total. The molecule has 0 atom stereocenters. The Labute approximate surface area is 108 Å². The van der Waals surface area contributed by atoms with Gasteiger partial charge in [-0.15, -0.1) is 0 Å². The Morgan fingerprint density at radius 1 is 0.778 bits per heavy atom. The van der Waals surface area contributed by atoms with Crippen molar-refractivity contribution >= 4 is 12.4 Å². The zero-order valence-corrected chi connectivity index (χ0v) is 10.3. The first kappa shape index (κ1) is 12.3. The Morgan fingerprint density at radius 2 is 1.39 bits per heavy atom. The molecule has 0 N–H and O–H groups in total. The van der Waals surface area contributed by atoms with E-state index in [1.807, 2.05) is 30.3 Å². The third kappa shape index (κ3) is 3.70. The van der Waals surface area contributed by atoms with Gasteiger partial charge in [-0.1, -0.05) is 66.7 Å². The molecular formula is C17H16O. The van der Waals surface area contributed by atoms with Crippen molar-refractivity contribution in [2.45, 2.75) is 12.8 Å². The van der Waals surface area contributed by atoms with E-state index in [0.29, 0.717) is 6.42 Å². The summed E-state index contributed by atoms with van der Waals surface area (Å²) in [4.78, 5) is 10.4. The molecule has 0 heterocycles. The van der Waals surface area contributed by atoms with Gasteiger partial charge in [0, 0.05) is 6.42 Å². The van der Waals surface area contributed by atoms with Crippen LogP contribution in [0.15, 0.2) is 60.7 Å². The molecule has 0 aliphatic rings. The molecule has 0 aliphatic carbocycles. The van der Waals surface area contributed by atoms with E-state index < -0.39 is 0 Å². The third-order valence-corrected chi connectivity index (χ3v) is 2.81. The molecule has 2 aromatic carbocycles. The van der Waals surface area contributed by atoms with E-state index in [1.165, 1.54) is 11.1 Å². The number of hydrogen-bond donors (Lipinski definition) is 0. The summed E-state index contributed by atoms with van der Waals surface area (Å²) >= 11 is 0. The predicted molar refractivity (Wildman–Crippen MR) is 75.4 cm³/mol. The van der Waals surface area contributed by atoms with Crippen molar-refractivity contribution in [1.29, 1.82) is 0 Å². The molecule has 0 saturated carbocycles. The van der Waals surface area contributed by atoms with E-state index in [1.54, 1.807) is 0 Å². The van der Waals surface area contributed by atoms with Crippen molar-refractivity contribution < 1.29 is 4.79 Å². The minimum atomic E-state index is 0.500. The number of hydrogen-bond acceptors (Lipinski definition) is 1. The molecule has 0 saturated heterocycles. The first-order chi connectivity index (χ1) is 8.88. The van der Waals surface area contributed by atoms with Gasteiger partial charge >= 0.3 is 0 Å². The van der Waals surface area contributed by atoms with Gasteiger partial charge in [0.2, 0.25) is 0 Å². The van der Waals surface area contributed by atoms with Crippen LogP contribution in [-0.2, 0) is 17.6 Å². The van der Waals surface area contributed by atoms with Crippen LogP contribution >= 0.6 is 0 Å². The van der Waals surface area contributed by atoms with Gasteiger partial charge in [-0.25, -0.2) is 0 Å². The minimum Gasteiger partial charge on any atom is -0.303 e. The maximum atomic E-state index is 10.4. The van der Waals surface area contributed by atoms with Crippen molar-refractivity contribution in [3.8, 4) is 0 Å². The Balaban J connectivity index is 1.94. The highest BCUT2D eigenvalue weighted by Gasteiger charge is 1.92. The highest BCUT2D eigenvalue weighted by Crippen LogP contribution is 2.07.